The van der Waals surface area contributed by atoms with Gasteiger partial charge in [0.2, 0.25) is 0 Å². The van der Waals surface area contributed by atoms with E-state index < -0.39 is 0 Å². The van der Waals surface area contributed by atoms with Gasteiger partial charge in [-0.15, -0.1) is 0 Å². The van der Waals surface area contributed by atoms with Crippen LogP contribution in [-0.4, -0.2) is 34.8 Å². The van der Waals surface area contributed by atoms with Gasteiger partial charge in [-0.05, 0) is 50.1 Å². The van der Waals surface area contributed by atoms with Crippen LogP contribution in [-0.2, 0) is 4.79 Å². The Bertz CT molecular complexity index is 1240. The second-order valence-corrected chi connectivity index (χ2v) is 8.24. The van der Waals surface area contributed by atoms with E-state index in [2.05, 4.69) is 17.2 Å². The van der Waals surface area contributed by atoms with Crippen molar-refractivity contribution in [3.05, 3.63) is 76.9 Å². The summed E-state index contributed by atoms with van der Waals surface area (Å²) >= 11 is 0. The van der Waals surface area contributed by atoms with Crippen LogP contribution in [0.3, 0.4) is 0 Å². The molecule has 5 nitrogen and oxygen atoms in total. The van der Waals surface area contributed by atoms with Crippen molar-refractivity contribution >= 4 is 29.2 Å². The minimum atomic E-state index is -0.356. The molecule has 2 heterocycles. The molecule has 2 aromatic carbocycles. The van der Waals surface area contributed by atoms with Gasteiger partial charge in [0, 0.05) is 35.6 Å². The molecule has 2 N–H and O–H groups in total. The number of aromatic nitrogens is 1. The Morgan fingerprint density at radius 1 is 1.09 bits per heavy atom. The number of fused-ring (bicyclic) bond motifs is 1. The van der Waals surface area contributed by atoms with Gasteiger partial charge >= 0.3 is 0 Å². The van der Waals surface area contributed by atoms with Crippen LogP contribution in [0.1, 0.15) is 54.0 Å². The van der Waals surface area contributed by atoms with Crippen LogP contribution in [0, 0.1) is 12.7 Å². The summed E-state index contributed by atoms with van der Waals surface area (Å²) in [4.78, 5) is 31.3. The van der Waals surface area contributed by atoms with E-state index in [1.165, 1.54) is 6.07 Å². The molecule has 0 fully saturated rings. The Morgan fingerprint density at radius 2 is 1.85 bits per heavy atom. The number of H-pyrrole nitrogens is 1. The molecule has 0 saturated heterocycles. The fourth-order valence-electron chi connectivity index (χ4n) is 4.26. The molecule has 1 aromatic heterocycles. The van der Waals surface area contributed by atoms with Crippen molar-refractivity contribution < 1.29 is 14.0 Å². The lowest BCUT2D eigenvalue weighted by molar-refractivity contribution is -0.110. The second kappa shape index (κ2) is 9.45. The van der Waals surface area contributed by atoms with Crippen molar-refractivity contribution in [1.29, 1.82) is 0 Å². The summed E-state index contributed by atoms with van der Waals surface area (Å²) in [5, 5.41) is 2.88. The van der Waals surface area contributed by atoms with Gasteiger partial charge in [-0.25, -0.2) is 4.39 Å². The van der Waals surface area contributed by atoms with Crippen molar-refractivity contribution in [2.24, 2.45) is 0 Å². The third-order valence-electron chi connectivity index (χ3n) is 5.94. The van der Waals surface area contributed by atoms with Crippen molar-refractivity contribution in [3.8, 4) is 11.1 Å². The summed E-state index contributed by atoms with van der Waals surface area (Å²) in [6, 6.07) is 13.7. The number of amides is 2. The maximum atomic E-state index is 14.6. The first-order chi connectivity index (χ1) is 15.9. The Morgan fingerprint density at radius 3 is 2.58 bits per heavy atom. The lowest BCUT2D eigenvalue weighted by atomic mass is 9.94. The Kier molecular flexibility index (Phi) is 6.45. The molecule has 0 aliphatic carbocycles. The quantitative estimate of drug-likeness (QED) is 0.446. The highest BCUT2D eigenvalue weighted by molar-refractivity contribution is 6.36. The third kappa shape index (κ3) is 4.33. The van der Waals surface area contributed by atoms with Crippen molar-refractivity contribution in [1.82, 2.24) is 9.88 Å². The summed E-state index contributed by atoms with van der Waals surface area (Å²) in [5.41, 5.74) is 4.65. The topological polar surface area (TPSA) is 65.2 Å². The molecule has 0 spiro atoms. The van der Waals surface area contributed by atoms with E-state index in [0.29, 0.717) is 52.3 Å². The molecule has 0 atom stereocenters. The number of anilines is 1. The number of unbranched alkanes of at least 4 members (excludes halogenated alkanes) is 1. The lowest BCUT2D eigenvalue weighted by Gasteiger charge is -2.20. The lowest BCUT2D eigenvalue weighted by Crippen LogP contribution is -2.31. The van der Waals surface area contributed by atoms with E-state index in [9.17, 15) is 14.0 Å². The average Bonchev–Trinajstić information content (AvgIpc) is 3.33. The molecule has 1 aliphatic rings. The number of halogens is 1. The fourth-order valence-corrected chi connectivity index (χ4v) is 4.26. The van der Waals surface area contributed by atoms with E-state index in [-0.39, 0.29) is 17.6 Å². The highest BCUT2D eigenvalue weighted by Gasteiger charge is 2.29. The molecular weight excluding hydrogens is 417 g/mol. The molecule has 170 valence electrons. The molecule has 33 heavy (non-hydrogen) atoms. The largest absolute Gasteiger partial charge is 0.358 e. The number of benzene rings is 2. The molecule has 1 aliphatic heterocycles. The minimum absolute atomic E-state index is 0.0665. The molecule has 0 radical (unpaired) electrons. The van der Waals surface area contributed by atoms with E-state index in [1.54, 1.807) is 42.5 Å². The highest BCUT2D eigenvalue weighted by atomic mass is 19.1. The zero-order valence-corrected chi connectivity index (χ0v) is 19.2. The predicted molar refractivity (Wildman–Crippen MR) is 130 cm³/mol. The Hall–Kier alpha value is -3.67. The highest BCUT2D eigenvalue weighted by Crippen LogP contribution is 2.41. The smallest absolute Gasteiger partial charge is 0.256 e. The summed E-state index contributed by atoms with van der Waals surface area (Å²) in [7, 11) is 0. The van der Waals surface area contributed by atoms with Gasteiger partial charge in [0.25, 0.3) is 11.8 Å². The van der Waals surface area contributed by atoms with Gasteiger partial charge in [0.15, 0.2) is 0 Å². The van der Waals surface area contributed by atoms with Crippen LogP contribution in [0.4, 0.5) is 10.1 Å². The maximum absolute atomic E-state index is 14.6. The van der Waals surface area contributed by atoms with Crippen molar-refractivity contribution in [3.63, 3.8) is 0 Å². The normalized spacial score (nSPS) is 13.8. The standard InChI is InChI=1S/C27H28FN3O2/c1-4-6-14-31(5-2)27(33)20-15-17(3)29-24(20)16-21-25-19(18-10-7-8-12-22(18)28)11-9-13-23(25)30-26(21)32/h7-13,15-16,29H,4-6,14H2,1-3H3,(H,30,32)/b21-16-. The van der Waals surface area contributed by atoms with Crippen molar-refractivity contribution in [2.45, 2.75) is 33.6 Å². The molecule has 6 heteroatoms. The molecule has 0 saturated carbocycles. The number of hydrogen-bond acceptors (Lipinski definition) is 2. The van der Waals surface area contributed by atoms with Crippen LogP contribution in [0.5, 0.6) is 0 Å². The molecule has 0 bridgehead atoms. The van der Waals surface area contributed by atoms with Gasteiger partial charge in [-0.2, -0.15) is 0 Å². The van der Waals surface area contributed by atoms with Crippen LogP contribution in [0.25, 0.3) is 22.8 Å². The summed E-state index contributed by atoms with van der Waals surface area (Å²) in [6.45, 7) is 7.24. The van der Waals surface area contributed by atoms with Crippen LogP contribution >= 0.6 is 0 Å². The van der Waals surface area contributed by atoms with E-state index >= 15 is 0 Å². The monoisotopic (exact) mass is 445 g/mol. The number of carbonyl (C=O) groups excluding carboxylic acids is 2. The minimum Gasteiger partial charge on any atom is -0.358 e. The zero-order valence-electron chi connectivity index (χ0n) is 19.2. The van der Waals surface area contributed by atoms with Crippen molar-refractivity contribution in [2.75, 3.05) is 18.4 Å². The number of nitrogens with one attached hydrogen (secondary N) is 2. The van der Waals surface area contributed by atoms with Gasteiger partial charge in [0.05, 0.1) is 16.8 Å². The number of hydrogen-bond donors (Lipinski definition) is 2. The number of nitrogens with zero attached hydrogens (tertiary/aromatic N) is 1. The van der Waals surface area contributed by atoms with Gasteiger partial charge < -0.3 is 15.2 Å². The Labute approximate surface area is 193 Å². The van der Waals surface area contributed by atoms with Crippen LogP contribution in [0.2, 0.25) is 0 Å². The molecule has 3 aromatic rings. The van der Waals surface area contributed by atoms with Crippen LogP contribution < -0.4 is 5.32 Å². The van der Waals surface area contributed by atoms with Gasteiger partial charge in [-0.1, -0.05) is 43.7 Å². The third-order valence-corrected chi connectivity index (χ3v) is 5.94. The predicted octanol–water partition coefficient (Wildman–Crippen LogP) is 5.88. The zero-order chi connectivity index (χ0) is 23.5. The molecule has 0 unspecified atom stereocenters. The van der Waals surface area contributed by atoms with E-state index in [1.807, 2.05) is 24.8 Å². The van der Waals surface area contributed by atoms with Gasteiger partial charge in [-0.3, -0.25) is 9.59 Å². The second-order valence-electron chi connectivity index (χ2n) is 8.24. The number of aromatic amines is 1. The van der Waals surface area contributed by atoms with Crippen LogP contribution in [0.15, 0.2) is 48.5 Å². The van der Waals surface area contributed by atoms with Gasteiger partial charge in [0.1, 0.15) is 5.82 Å². The summed E-state index contributed by atoms with van der Waals surface area (Å²) in [6.07, 6.45) is 3.64. The number of aryl methyl sites for hydroxylation is 1. The molecular formula is C27H28FN3O2. The first-order valence-electron chi connectivity index (χ1n) is 11.3. The molecule has 4 rings (SSSR count). The molecule has 2 amide bonds. The van der Waals surface area contributed by atoms with E-state index in [0.717, 1.165) is 18.5 Å². The van der Waals surface area contributed by atoms with E-state index in [4.69, 9.17) is 0 Å². The summed E-state index contributed by atoms with van der Waals surface area (Å²) in [5.74, 6) is -0.702. The summed E-state index contributed by atoms with van der Waals surface area (Å²) < 4.78 is 14.6. The maximum Gasteiger partial charge on any atom is 0.256 e. The first kappa shape index (κ1) is 22.5. The first-order valence-corrected chi connectivity index (χ1v) is 11.3. The average molecular weight is 446 g/mol. The SMILES string of the molecule is CCCCN(CC)C(=O)c1cc(C)[nH]c1/C=C1\C(=O)Nc2cccc(-c3ccccc3F)c21. The number of rotatable bonds is 7. The Balaban J connectivity index is 1.81. The number of carbonyl (C=O) groups is 2. The fraction of sp³-hybridized carbons (Fsp3) is 0.259.